The van der Waals surface area contributed by atoms with Crippen LogP contribution in [0, 0.1) is 0 Å². The molecule has 158 valence electrons. The summed E-state index contributed by atoms with van der Waals surface area (Å²) in [5.74, 6) is 2.21. The van der Waals surface area contributed by atoms with Crippen molar-refractivity contribution in [1.29, 1.82) is 0 Å². The zero-order valence-electron chi connectivity index (χ0n) is 17.5. The van der Waals surface area contributed by atoms with E-state index in [0.29, 0.717) is 24.6 Å². The highest BCUT2D eigenvalue weighted by atomic mass is 16.5. The van der Waals surface area contributed by atoms with Crippen molar-refractivity contribution in [3.8, 4) is 5.75 Å². The molecule has 3 heterocycles. The van der Waals surface area contributed by atoms with E-state index in [1.54, 1.807) is 13.3 Å². The Balaban J connectivity index is 1.37. The Bertz CT molecular complexity index is 1180. The Hall–Kier alpha value is -3.54. The number of likely N-dealkylation sites (tertiary alicyclic amines) is 1. The van der Waals surface area contributed by atoms with E-state index >= 15 is 0 Å². The minimum Gasteiger partial charge on any atom is -0.497 e. The van der Waals surface area contributed by atoms with E-state index in [9.17, 15) is 4.79 Å². The van der Waals surface area contributed by atoms with Crippen molar-refractivity contribution in [3.05, 3.63) is 83.7 Å². The van der Waals surface area contributed by atoms with Gasteiger partial charge in [0.25, 0.3) is 5.91 Å². The van der Waals surface area contributed by atoms with E-state index in [1.807, 2.05) is 59.5 Å². The van der Waals surface area contributed by atoms with Gasteiger partial charge in [-0.2, -0.15) is 0 Å². The minimum absolute atomic E-state index is 0.00607. The SMILES string of the molecule is COc1cccc(Cc2cnc([C@@H]3CCCCN3C(=O)c3cc4ccccc4[nH]3)o2)c1. The molecule has 0 radical (unpaired) electrons. The van der Waals surface area contributed by atoms with Gasteiger partial charge in [-0.05, 0) is 49.1 Å². The number of hydrogen-bond donors (Lipinski definition) is 1. The molecule has 1 saturated heterocycles. The van der Waals surface area contributed by atoms with Crippen LogP contribution in [0.25, 0.3) is 10.9 Å². The minimum atomic E-state index is -0.147. The standard InChI is InChI=1S/C25H25N3O3/c1-30-19-9-6-7-17(13-19)14-20-16-26-24(31-20)23-11-4-5-12-28(23)25(29)22-15-18-8-2-3-10-21(18)27-22/h2-3,6-10,13,15-16,23,27H,4-5,11-12,14H2,1H3/t23-/m0/s1. The summed E-state index contributed by atoms with van der Waals surface area (Å²) >= 11 is 0. The number of carbonyl (C=O) groups is 1. The van der Waals surface area contributed by atoms with Crippen LogP contribution in [0.3, 0.4) is 0 Å². The normalized spacial score (nSPS) is 16.5. The summed E-state index contributed by atoms with van der Waals surface area (Å²) in [6.45, 7) is 0.701. The fourth-order valence-corrected chi connectivity index (χ4v) is 4.32. The smallest absolute Gasteiger partial charge is 0.270 e. The van der Waals surface area contributed by atoms with Crippen LogP contribution in [0.5, 0.6) is 5.75 Å². The van der Waals surface area contributed by atoms with Gasteiger partial charge in [0.15, 0.2) is 0 Å². The number of oxazole rings is 1. The number of nitrogens with zero attached hydrogens (tertiary/aromatic N) is 2. The topological polar surface area (TPSA) is 71.4 Å². The molecule has 2 aromatic carbocycles. The number of amides is 1. The van der Waals surface area contributed by atoms with E-state index in [-0.39, 0.29) is 11.9 Å². The number of aromatic nitrogens is 2. The second-order valence-corrected chi connectivity index (χ2v) is 7.97. The van der Waals surface area contributed by atoms with Gasteiger partial charge in [-0.25, -0.2) is 4.98 Å². The molecule has 0 saturated carbocycles. The number of fused-ring (bicyclic) bond motifs is 1. The monoisotopic (exact) mass is 415 g/mol. The predicted octanol–water partition coefficient (Wildman–Crippen LogP) is 5.12. The molecule has 0 aliphatic carbocycles. The number of methoxy groups -OCH3 is 1. The van der Waals surface area contributed by atoms with E-state index in [2.05, 4.69) is 9.97 Å². The maximum Gasteiger partial charge on any atom is 0.270 e. The number of carbonyl (C=O) groups excluding carboxylic acids is 1. The third-order valence-corrected chi connectivity index (χ3v) is 5.89. The van der Waals surface area contributed by atoms with Crippen LogP contribution in [0.1, 0.15) is 53.0 Å². The maximum atomic E-state index is 13.3. The highest BCUT2D eigenvalue weighted by molar-refractivity contribution is 5.98. The molecule has 1 amide bonds. The zero-order valence-corrected chi connectivity index (χ0v) is 17.5. The van der Waals surface area contributed by atoms with Crippen LogP contribution < -0.4 is 4.74 Å². The van der Waals surface area contributed by atoms with Crippen molar-refractivity contribution in [2.24, 2.45) is 0 Å². The number of benzene rings is 2. The van der Waals surface area contributed by atoms with Gasteiger partial charge in [-0.3, -0.25) is 4.79 Å². The van der Waals surface area contributed by atoms with E-state index in [4.69, 9.17) is 9.15 Å². The van der Waals surface area contributed by atoms with Gasteiger partial charge < -0.3 is 19.0 Å². The van der Waals surface area contributed by atoms with Crippen molar-refractivity contribution in [2.75, 3.05) is 13.7 Å². The summed E-state index contributed by atoms with van der Waals surface area (Å²) in [6, 6.07) is 17.6. The molecule has 5 rings (SSSR count). The first-order valence-electron chi connectivity index (χ1n) is 10.7. The summed E-state index contributed by atoms with van der Waals surface area (Å²) in [5, 5.41) is 1.04. The van der Waals surface area contributed by atoms with Gasteiger partial charge in [-0.1, -0.05) is 30.3 Å². The van der Waals surface area contributed by atoms with Crippen LogP contribution in [0.2, 0.25) is 0 Å². The summed E-state index contributed by atoms with van der Waals surface area (Å²) in [6.07, 6.45) is 5.29. The molecule has 1 aliphatic heterocycles. The molecule has 6 heteroatoms. The Morgan fingerprint density at radius 3 is 2.97 bits per heavy atom. The molecule has 1 aliphatic rings. The van der Waals surface area contributed by atoms with E-state index in [1.165, 1.54) is 0 Å². The Kier molecular flexibility index (Phi) is 5.20. The van der Waals surface area contributed by atoms with Crippen LogP contribution in [-0.4, -0.2) is 34.4 Å². The van der Waals surface area contributed by atoms with Crippen LogP contribution >= 0.6 is 0 Å². The largest absolute Gasteiger partial charge is 0.497 e. The van der Waals surface area contributed by atoms with E-state index in [0.717, 1.165) is 47.2 Å². The first-order valence-corrected chi connectivity index (χ1v) is 10.7. The lowest BCUT2D eigenvalue weighted by molar-refractivity contribution is 0.0565. The molecule has 0 bridgehead atoms. The van der Waals surface area contributed by atoms with Crippen molar-refractivity contribution < 1.29 is 13.9 Å². The number of nitrogens with one attached hydrogen (secondary N) is 1. The fourth-order valence-electron chi connectivity index (χ4n) is 4.32. The van der Waals surface area contributed by atoms with Crippen molar-refractivity contribution >= 4 is 16.8 Å². The summed E-state index contributed by atoms with van der Waals surface area (Å²) in [4.78, 5) is 23.0. The average Bonchev–Trinajstić information content (AvgIpc) is 3.46. The second kappa shape index (κ2) is 8.30. The lowest BCUT2D eigenvalue weighted by Gasteiger charge is -2.33. The van der Waals surface area contributed by atoms with Crippen LogP contribution in [0.15, 0.2) is 65.2 Å². The molecule has 0 spiro atoms. The quantitative estimate of drug-likeness (QED) is 0.491. The molecule has 6 nitrogen and oxygen atoms in total. The second-order valence-electron chi connectivity index (χ2n) is 7.97. The van der Waals surface area contributed by atoms with Gasteiger partial charge >= 0.3 is 0 Å². The Morgan fingerprint density at radius 2 is 2.10 bits per heavy atom. The maximum absolute atomic E-state index is 13.3. The number of rotatable bonds is 5. The number of aromatic amines is 1. The number of H-pyrrole nitrogens is 1. The first kappa shape index (κ1) is 19.4. The summed E-state index contributed by atoms with van der Waals surface area (Å²) in [7, 11) is 1.66. The van der Waals surface area contributed by atoms with Crippen LogP contribution in [0.4, 0.5) is 0 Å². The van der Waals surface area contributed by atoms with Crippen LogP contribution in [-0.2, 0) is 6.42 Å². The van der Waals surface area contributed by atoms with E-state index < -0.39 is 0 Å². The Morgan fingerprint density at radius 1 is 1.19 bits per heavy atom. The summed E-state index contributed by atoms with van der Waals surface area (Å²) < 4.78 is 11.4. The number of ether oxygens (including phenoxy) is 1. The molecule has 1 atom stereocenters. The highest BCUT2D eigenvalue weighted by Crippen LogP contribution is 2.32. The van der Waals surface area contributed by atoms with Gasteiger partial charge in [0.1, 0.15) is 23.2 Å². The van der Waals surface area contributed by atoms with Gasteiger partial charge in [0, 0.05) is 23.9 Å². The molecule has 1 fully saturated rings. The lowest BCUT2D eigenvalue weighted by atomic mass is 10.0. The molecule has 1 N–H and O–H groups in total. The molecule has 2 aromatic heterocycles. The van der Waals surface area contributed by atoms with Gasteiger partial charge in [-0.15, -0.1) is 0 Å². The van der Waals surface area contributed by atoms with Crippen molar-refractivity contribution in [3.63, 3.8) is 0 Å². The third-order valence-electron chi connectivity index (χ3n) is 5.89. The number of piperidine rings is 1. The predicted molar refractivity (Wildman–Crippen MR) is 118 cm³/mol. The number of para-hydroxylation sites is 1. The zero-order chi connectivity index (χ0) is 21.2. The Labute approximate surface area is 180 Å². The lowest BCUT2D eigenvalue weighted by Crippen LogP contribution is -2.38. The number of hydrogen-bond acceptors (Lipinski definition) is 4. The molecular weight excluding hydrogens is 390 g/mol. The van der Waals surface area contributed by atoms with Crippen molar-refractivity contribution in [2.45, 2.75) is 31.7 Å². The molecule has 0 unspecified atom stereocenters. The van der Waals surface area contributed by atoms with Crippen molar-refractivity contribution in [1.82, 2.24) is 14.9 Å². The fraction of sp³-hybridized carbons (Fsp3) is 0.280. The molecular formula is C25H25N3O3. The molecule has 4 aromatic rings. The first-order chi connectivity index (χ1) is 15.2. The van der Waals surface area contributed by atoms with Gasteiger partial charge in [0.05, 0.1) is 13.3 Å². The average molecular weight is 415 g/mol. The molecule has 31 heavy (non-hydrogen) atoms. The summed E-state index contributed by atoms with van der Waals surface area (Å²) in [5.41, 5.74) is 2.67. The van der Waals surface area contributed by atoms with Gasteiger partial charge in [0.2, 0.25) is 5.89 Å². The highest BCUT2D eigenvalue weighted by Gasteiger charge is 2.32. The third kappa shape index (κ3) is 3.93.